The Hall–Kier alpha value is -2.46. The van der Waals surface area contributed by atoms with Gasteiger partial charge in [-0.15, -0.1) is 0 Å². The molecule has 5 heteroatoms. The number of hydrogen-bond acceptors (Lipinski definition) is 4. The van der Waals surface area contributed by atoms with Crippen LogP contribution in [0.4, 0.5) is 0 Å². The fraction of sp³-hybridized carbons (Fsp3) is 0.167. The number of ether oxygens (including phenoxy) is 3. The van der Waals surface area contributed by atoms with Crippen molar-refractivity contribution in [2.45, 2.75) is 6.61 Å². The van der Waals surface area contributed by atoms with Crippen molar-refractivity contribution in [1.29, 1.82) is 0 Å². The lowest BCUT2D eigenvalue weighted by molar-refractivity contribution is -0.138. The number of carbonyl (C=O) groups excluding carboxylic acids is 1. The summed E-state index contributed by atoms with van der Waals surface area (Å²) in [5.74, 6) is 0.728. The summed E-state index contributed by atoms with van der Waals surface area (Å²) in [5, 5.41) is 0.644. The Bertz CT molecular complexity index is 693. The fourth-order valence-corrected chi connectivity index (χ4v) is 2.11. The van der Waals surface area contributed by atoms with Crippen molar-refractivity contribution in [1.82, 2.24) is 0 Å². The first-order valence-electron chi connectivity index (χ1n) is 6.94. The Morgan fingerprint density at radius 2 is 1.83 bits per heavy atom. The zero-order chi connectivity index (χ0) is 16.7. The maximum Gasteiger partial charge on any atom is 0.331 e. The number of hydrogen-bond donors (Lipinski definition) is 0. The molecule has 2 aromatic carbocycles. The van der Waals surface area contributed by atoms with E-state index in [1.54, 1.807) is 38.5 Å². The highest BCUT2D eigenvalue weighted by atomic mass is 35.5. The van der Waals surface area contributed by atoms with Crippen LogP contribution in [-0.4, -0.2) is 20.2 Å². The van der Waals surface area contributed by atoms with Crippen molar-refractivity contribution >= 4 is 23.6 Å². The maximum atomic E-state index is 11.8. The zero-order valence-electron chi connectivity index (χ0n) is 12.9. The Morgan fingerprint density at radius 1 is 1.09 bits per heavy atom. The third-order valence-corrected chi connectivity index (χ3v) is 3.38. The van der Waals surface area contributed by atoms with E-state index in [-0.39, 0.29) is 6.61 Å². The average Bonchev–Trinajstić information content (AvgIpc) is 2.58. The molecular weight excluding hydrogens is 316 g/mol. The summed E-state index contributed by atoms with van der Waals surface area (Å²) in [6, 6.07) is 12.6. The van der Waals surface area contributed by atoms with Crippen LogP contribution in [0.25, 0.3) is 6.08 Å². The molecule has 2 rings (SSSR count). The molecule has 4 nitrogen and oxygen atoms in total. The van der Waals surface area contributed by atoms with E-state index in [4.69, 9.17) is 25.8 Å². The molecule has 0 saturated carbocycles. The second-order valence-corrected chi connectivity index (χ2v) is 5.09. The first-order valence-corrected chi connectivity index (χ1v) is 7.32. The summed E-state index contributed by atoms with van der Waals surface area (Å²) in [6.07, 6.45) is 2.98. The van der Waals surface area contributed by atoms with Gasteiger partial charge in [0.05, 0.1) is 14.2 Å². The molecule has 0 aliphatic heterocycles. The lowest BCUT2D eigenvalue weighted by Crippen LogP contribution is -2.00. The zero-order valence-corrected chi connectivity index (χ0v) is 13.7. The third kappa shape index (κ3) is 4.76. The standard InChI is InChI=1S/C18H17ClO4/c1-21-16-5-3-4-14(18(16)22-2)8-11-17(20)23-12-13-6-9-15(19)10-7-13/h3-11H,12H2,1-2H3/b11-8+. The van der Waals surface area contributed by atoms with Gasteiger partial charge in [0.15, 0.2) is 11.5 Å². The summed E-state index contributed by atoms with van der Waals surface area (Å²) in [7, 11) is 3.11. The summed E-state index contributed by atoms with van der Waals surface area (Å²) in [5.41, 5.74) is 1.60. The second-order valence-electron chi connectivity index (χ2n) is 4.65. The van der Waals surface area contributed by atoms with Gasteiger partial charge in [0.2, 0.25) is 0 Å². The average molecular weight is 333 g/mol. The maximum absolute atomic E-state index is 11.8. The molecule has 0 aromatic heterocycles. The first kappa shape index (κ1) is 16.9. The molecule has 0 saturated heterocycles. The van der Waals surface area contributed by atoms with E-state index >= 15 is 0 Å². The predicted molar refractivity (Wildman–Crippen MR) is 89.8 cm³/mol. The molecule has 0 fully saturated rings. The Morgan fingerprint density at radius 3 is 2.48 bits per heavy atom. The molecule has 0 radical (unpaired) electrons. The first-order chi connectivity index (χ1) is 11.1. The van der Waals surface area contributed by atoms with Crippen LogP contribution in [0, 0.1) is 0 Å². The van der Waals surface area contributed by atoms with Gasteiger partial charge in [-0.25, -0.2) is 4.79 Å². The molecular formula is C18H17ClO4. The molecule has 0 unspecified atom stereocenters. The Balaban J connectivity index is 1.99. The number of rotatable bonds is 6. The summed E-state index contributed by atoms with van der Waals surface area (Å²) >= 11 is 5.80. The van der Waals surface area contributed by atoms with Crippen LogP contribution in [-0.2, 0) is 16.1 Å². The third-order valence-electron chi connectivity index (χ3n) is 3.13. The molecule has 0 N–H and O–H groups in total. The number of para-hydroxylation sites is 1. The summed E-state index contributed by atoms with van der Waals surface area (Å²) < 4.78 is 15.7. The van der Waals surface area contributed by atoms with Crippen LogP contribution >= 0.6 is 11.6 Å². The van der Waals surface area contributed by atoms with Gasteiger partial charge >= 0.3 is 5.97 Å². The van der Waals surface area contributed by atoms with E-state index in [0.717, 1.165) is 11.1 Å². The van der Waals surface area contributed by atoms with Gasteiger partial charge in [0, 0.05) is 16.7 Å². The lowest BCUT2D eigenvalue weighted by Gasteiger charge is -2.09. The largest absolute Gasteiger partial charge is 0.493 e. The molecule has 0 amide bonds. The van der Waals surface area contributed by atoms with Crippen molar-refractivity contribution in [2.75, 3.05) is 14.2 Å². The molecule has 0 aliphatic carbocycles. The van der Waals surface area contributed by atoms with Crippen LogP contribution in [0.2, 0.25) is 5.02 Å². The topological polar surface area (TPSA) is 44.8 Å². The molecule has 120 valence electrons. The number of halogens is 1. The molecule has 23 heavy (non-hydrogen) atoms. The van der Waals surface area contributed by atoms with Gasteiger partial charge in [0.25, 0.3) is 0 Å². The van der Waals surface area contributed by atoms with Gasteiger partial charge in [-0.3, -0.25) is 0 Å². The van der Waals surface area contributed by atoms with Gasteiger partial charge in [0.1, 0.15) is 6.61 Å². The summed E-state index contributed by atoms with van der Waals surface area (Å²) in [4.78, 5) is 11.8. The second kappa shape index (κ2) is 8.25. The SMILES string of the molecule is COc1cccc(/C=C/C(=O)OCc2ccc(Cl)cc2)c1OC. The minimum atomic E-state index is -0.440. The van der Waals surface area contributed by atoms with Crippen molar-refractivity contribution in [2.24, 2.45) is 0 Å². The van der Waals surface area contributed by atoms with Gasteiger partial charge in [-0.1, -0.05) is 35.9 Å². The van der Waals surface area contributed by atoms with Gasteiger partial charge in [-0.05, 0) is 29.8 Å². The van der Waals surface area contributed by atoms with Gasteiger partial charge < -0.3 is 14.2 Å². The lowest BCUT2D eigenvalue weighted by atomic mass is 10.1. The molecule has 2 aromatic rings. The Labute approximate surface area is 140 Å². The van der Waals surface area contributed by atoms with Crippen molar-refractivity contribution in [3.63, 3.8) is 0 Å². The van der Waals surface area contributed by atoms with E-state index in [9.17, 15) is 4.79 Å². The van der Waals surface area contributed by atoms with Crippen LogP contribution in [0.15, 0.2) is 48.5 Å². The number of benzene rings is 2. The van der Waals surface area contributed by atoms with Crippen LogP contribution in [0.3, 0.4) is 0 Å². The van der Waals surface area contributed by atoms with E-state index in [1.165, 1.54) is 6.08 Å². The highest BCUT2D eigenvalue weighted by molar-refractivity contribution is 6.30. The van der Waals surface area contributed by atoms with E-state index in [2.05, 4.69) is 0 Å². The number of esters is 1. The van der Waals surface area contributed by atoms with Crippen molar-refractivity contribution in [3.05, 3.63) is 64.7 Å². The quantitative estimate of drug-likeness (QED) is 0.590. The van der Waals surface area contributed by atoms with Crippen molar-refractivity contribution < 1.29 is 19.0 Å². The highest BCUT2D eigenvalue weighted by Gasteiger charge is 2.07. The van der Waals surface area contributed by atoms with E-state index in [1.807, 2.05) is 24.3 Å². The van der Waals surface area contributed by atoms with Crippen molar-refractivity contribution in [3.8, 4) is 11.5 Å². The minimum Gasteiger partial charge on any atom is -0.493 e. The minimum absolute atomic E-state index is 0.190. The fourth-order valence-electron chi connectivity index (χ4n) is 1.98. The smallest absolute Gasteiger partial charge is 0.331 e. The molecule has 0 aliphatic rings. The van der Waals surface area contributed by atoms with Gasteiger partial charge in [-0.2, -0.15) is 0 Å². The summed E-state index contributed by atoms with van der Waals surface area (Å²) in [6.45, 7) is 0.190. The predicted octanol–water partition coefficient (Wildman–Crippen LogP) is 4.11. The molecule has 0 atom stereocenters. The van der Waals surface area contributed by atoms with Crippen LogP contribution in [0.5, 0.6) is 11.5 Å². The van der Waals surface area contributed by atoms with Crippen LogP contribution in [0.1, 0.15) is 11.1 Å². The van der Waals surface area contributed by atoms with Crippen LogP contribution < -0.4 is 9.47 Å². The molecule has 0 bridgehead atoms. The highest BCUT2D eigenvalue weighted by Crippen LogP contribution is 2.31. The molecule has 0 spiro atoms. The Kier molecular flexibility index (Phi) is 6.06. The monoisotopic (exact) mass is 332 g/mol. The van der Waals surface area contributed by atoms with E-state index in [0.29, 0.717) is 16.5 Å². The van der Waals surface area contributed by atoms with E-state index < -0.39 is 5.97 Å². The number of carbonyl (C=O) groups is 1. The number of methoxy groups -OCH3 is 2. The normalized spacial score (nSPS) is 10.6. The molecule has 0 heterocycles.